The lowest BCUT2D eigenvalue weighted by Gasteiger charge is -2.04. The third kappa shape index (κ3) is 6.54. The lowest BCUT2D eigenvalue weighted by atomic mass is 10.1. The Labute approximate surface area is 181 Å². The van der Waals surface area contributed by atoms with Crippen LogP contribution in [0, 0.1) is 0 Å². The van der Waals surface area contributed by atoms with Crippen LogP contribution in [0.4, 0.5) is 41.6 Å². The van der Waals surface area contributed by atoms with E-state index in [2.05, 4.69) is 25.8 Å². The van der Waals surface area contributed by atoms with Crippen LogP contribution in [0.3, 0.4) is 0 Å². The van der Waals surface area contributed by atoms with Crippen molar-refractivity contribution in [3.63, 3.8) is 0 Å². The van der Waals surface area contributed by atoms with Gasteiger partial charge in [0, 0.05) is 17.8 Å². The molecule has 0 bridgehead atoms. The van der Waals surface area contributed by atoms with Gasteiger partial charge in [-0.15, -0.1) is 0 Å². The second kappa shape index (κ2) is 10.4. The van der Waals surface area contributed by atoms with E-state index in [1.54, 1.807) is 36.4 Å². The number of halogens is 3. The summed E-state index contributed by atoms with van der Waals surface area (Å²) in [5, 5.41) is 28.1. The third-order valence-corrected chi connectivity index (χ3v) is 4.11. The van der Waals surface area contributed by atoms with Gasteiger partial charge in [-0.3, -0.25) is 4.79 Å². The van der Waals surface area contributed by atoms with Crippen molar-refractivity contribution >= 4 is 34.2 Å². The molecule has 0 radical (unpaired) electrons. The molecular formula is C22H18F3N5O2. The highest BCUT2D eigenvalue weighted by Crippen LogP contribution is 2.26. The van der Waals surface area contributed by atoms with Crippen molar-refractivity contribution in [2.24, 2.45) is 20.5 Å². The van der Waals surface area contributed by atoms with Crippen LogP contribution in [0.15, 0.2) is 93.3 Å². The van der Waals surface area contributed by atoms with E-state index in [9.17, 15) is 18.0 Å². The number of benzene rings is 3. The molecule has 0 aliphatic heterocycles. The number of nitrogens with one attached hydrogen (secondary N) is 1. The fourth-order valence-electron chi connectivity index (χ4n) is 2.51. The van der Waals surface area contributed by atoms with E-state index in [4.69, 9.17) is 5.11 Å². The Morgan fingerprint density at radius 3 is 1.47 bits per heavy atom. The molecule has 10 heteroatoms. The first-order valence-corrected chi connectivity index (χ1v) is 9.45. The van der Waals surface area contributed by atoms with Gasteiger partial charge < -0.3 is 10.4 Å². The maximum atomic E-state index is 12.4. The second-order valence-corrected chi connectivity index (χ2v) is 6.49. The third-order valence-electron chi connectivity index (χ3n) is 4.11. The minimum absolute atomic E-state index is 0.0479. The van der Waals surface area contributed by atoms with E-state index in [1.165, 1.54) is 12.1 Å². The SMILES string of the molecule is O=C(c1ccc(N=Nc2ccc(N=Nc3ccc(NCCO)cc3)cc2)cc1)C(F)(F)F. The number of carbonyl (C=O) groups excluding carboxylic acids is 1. The molecule has 3 aromatic carbocycles. The second-order valence-electron chi connectivity index (χ2n) is 6.49. The average Bonchev–Trinajstić information content (AvgIpc) is 2.80. The van der Waals surface area contributed by atoms with Gasteiger partial charge in [0.25, 0.3) is 5.78 Å². The van der Waals surface area contributed by atoms with E-state index < -0.39 is 17.5 Å². The van der Waals surface area contributed by atoms with E-state index >= 15 is 0 Å². The number of alkyl halides is 3. The van der Waals surface area contributed by atoms with Crippen molar-refractivity contribution in [1.82, 2.24) is 0 Å². The number of rotatable bonds is 8. The van der Waals surface area contributed by atoms with Crippen molar-refractivity contribution in [1.29, 1.82) is 0 Å². The molecule has 3 aromatic rings. The molecule has 2 N–H and O–H groups in total. The van der Waals surface area contributed by atoms with Gasteiger partial charge in [-0.1, -0.05) is 0 Å². The highest BCUT2D eigenvalue weighted by Gasteiger charge is 2.39. The van der Waals surface area contributed by atoms with E-state index in [1.807, 2.05) is 12.1 Å². The number of hydrogen-bond donors (Lipinski definition) is 2. The quantitative estimate of drug-likeness (QED) is 0.302. The van der Waals surface area contributed by atoms with Gasteiger partial charge in [0.1, 0.15) is 0 Å². The smallest absolute Gasteiger partial charge is 0.395 e. The predicted molar refractivity (Wildman–Crippen MR) is 114 cm³/mol. The zero-order chi connectivity index (χ0) is 23.0. The summed E-state index contributed by atoms with van der Waals surface area (Å²) in [7, 11) is 0. The summed E-state index contributed by atoms with van der Waals surface area (Å²) in [5.74, 6) is -1.90. The monoisotopic (exact) mass is 441 g/mol. The van der Waals surface area contributed by atoms with Crippen molar-refractivity contribution in [3.05, 3.63) is 78.4 Å². The zero-order valence-electron chi connectivity index (χ0n) is 16.6. The Morgan fingerprint density at radius 1 is 0.719 bits per heavy atom. The highest BCUT2D eigenvalue weighted by molar-refractivity contribution is 6.00. The molecule has 0 heterocycles. The Kier molecular flexibility index (Phi) is 7.40. The van der Waals surface area contributed by atoms with Crippen LogP contribution >= 0.6 is 0 Å². The molecule has 0 atom stereocenters. The molecule has 7 nitrogen and oxygen atoms in total. The molecule has 0 aliphatic rings. The van der Waals surface area contributed by atoms with Crippen molar-refractivity contribution < 1.29 is 23.1 Å². The standard InChI is InChI=1S/C22H18F3N5O2/c23-22(24,25)21(32)15-1-3-17(4-2-15)27-29-19-9-11-20(12-10-19)30-28-18-7-5-16(6-8-18)26-13-14-31/h1-12,26,31H,13-14H2. The Balaban J connectivity index is 1.59. The molecule has 0 saturated carbocycles. The van der Waals surface area contributed by atoms with Crippen molar-refractivity contribution in [3.8, 4) is 0 Å². The minimum Gasteiger partial charge on any atom is -0.395 e. The van der Waals surface area contributed by atoms with E-state index in [-0.39, 0.29) is 6.61 Å². The number of hydrogen-bond acceptors (Lipinski definition) is 7. The number of ketones is 1. The van der Waals surface area contributed by atoms with Crippen LogP contribution in [-0.4, -0.2) is 30.2 Å². The number of aliphatic hydroxyl groups is 1. The molecule has 0 saturated heterocycles. The van der Waals surface area contributed by atoms with Gasteiger partial charge in [-0.2, -0.15) is 33.6 Å². The Morgan fingerprint density at radius 2 is 1.09 bits per heavy atom. The average molecular weight is 441 g/mol. The van der Waals surface area contributed by atoms with E-state index in [0.29, 0.717) is 29.3 Å². The fraction of sp³-hybridized carbons (Fsp3) is 0.136. The molecule has 32 heavy (non-hydrogen) atoms. The van der Waals surface area contributed by atoms with E-state index in [0.717, 1.165) is 17.8 Å². The lowest BCUT2D eigenvalue weighted by Crippen LogP contribution is -2.22. The maximum absolute atomic E-state index is 12.4. The molecule has 0 fully saturated rings. The summed E-state index contributed by atoms with van der Waals surface area (Å²) >= 11 is 0. The van der Waals surface area contributed by atoms with Gasteiger partial charge in [0.15, 0.2) is 0 Å². The number of aliphatic hydroxyl groups excluding tert-OH is 1. The summed E-state index contributed by atoms with van der Waals surface area (Å²) in [6.45, 7) is 0.514. The minimum atomic E-state index is -4.91. The first-order chi connectivity index (χ1) is 15.3. The molecule has 164 valence electrons. The first kappa shape index (κ1) is 22.8. The number of azo groups is 2. The molecular weight excluding hydrogens is 423 g/mol. The molecule has 0 aromatic heterocycles. The predicted octanol–water partition coefficient (Wildman–Crippen LogP) is 6.67. The van der Waals surface area contributed by atoms with Crippen LogP contribution in [0.25, 0.3) is 0 Å². The number of anilines is 1. The number of nitrogens with zero attached hydrogens (tertiary/aromatic N) is 4. The lowest BCUT2D eigenvalue weighted by molar-refractivity contribution is -0.0885. The van der Waals surface area contributed by atoms with Crippen LogP contribution in [0.1, 0.15) is 10.4 Å². The summed E-state index contributed by atoms with van der Waals surface area (Å²) < 4.78 is 37.3. The molecule has 3 rings (SSSR count). The molecule has 0 unspecified atom stereocenters. The number of carbonyl (C=O) groups is 1. The molecule has 0 spiro atoms. The van der Waals surface area contributed by atoms with Gasteiger partial charge >= 0.3 is 6.18 Å². The fourth-order valence-corrected chi connectivity index (χ4v) is 2.51. The number of Topliss-reactive ketones (excluding diaryl/α,β-unsaturated/α-hetero) is 1. The van der Waals surface area contributed by atoms with Crippen LogP contribution < -0.4 is 5.32 Å². The van der Waals surface area contributed by atoms with Crippen LogP contribution in [-0.2, 0) is 0 Å². The summed E-state index contributed by atoms with van der Waals surface area (Å²) in [5.41, 5.74) is 2.50. The summed E-state index contributed by atoms with van der Waals surface area (Å²) in [6.07, 6.45) is -4.91. The van der Waals surface area contributed by atoms with Gasteiger partial charge in [0.05, 0.1) is 29.4 Å². The summed E-state index contributed by atoms with van der Waals surface area (Å²) in [6, 6.07) is 18.7. The van der Waals surface area contributed by atoms with Gasteiger partial charge in [0.2, 0.25) is 0 Å². The maximum Gasteiger partial charge on any atom is 0.454 e. The molecule has 0 aliphatic carbocycles. The Hall–Kier alpha value is -3.92. The van der Waals surface area contributed by atoms with Gasteiger partial charge in [-0.25, -0.2) is 0 Å². The van der Waals surface area contributed by atoms with Crippen molar-refractivity contribution in [2.75, 3.05) is 18.5 Å². The van der Waals surface area contributed by atoms with Crippen LogP contribution in [0.2, 0.25) is 0 Å². The normalized spacial score (nSPS) is 11.9. The molecule has 0 amide bonds. The first-order valence-electron chi connectivity index (χ1n) is 9.45. The van der Waals surface area contributed by atoms with Gasteiger partial charge in [-0.05, 0) is 72.8 Å². The van der Waals surface area contributed by atoms with Crippen molar-refractivity contribution in [2.45, 2.75) is 6.18 Å². The highest BCUT2D eigenvalue weighted by atomic mass is 19.4. The topological polar surface area (TPSA) is 98.8 Å². The largest absolute Gasteiger partial charge is 0.454 e. The summed E-state index contributed by atoms with van der Waals surface area (Å²) in [4.78, 5) is 11.2. The zero-order valence-corrected chi connectivity index (χ0v) is 16.6. The van der Waals surface area contributed by atoms with Crippen LogP contribution in [0.5, 0.6) is 0 Å². The Bertz CT molecular complexity index is 1090.